The van der Waals surface area contributed by atoms with Crippen LogP contribution in [0.2, 0.25) is 0 Å². The number of aryl methyl sites for hydroxylation is 1. The van der Waals surface area contributed by atoms with Gasteiger partial charge in [0.05, 0.1) is 6.54 Å². The van der Waals surface area contributed by atoms with Crippen LogP contribution in [-0.4, -0.2) is 17.6 Å². The molecule has 0 bridgehead atoms. The largest absolute Gasteiger partial charge is 0.364 e. The third kappa shape index (κ3) is 5.05. The van der Waals surface area contributed by atoms with E-state index in [-0.39, 0.29) is 18.4 Å². The predicted octanol–water partition coefficient (Wildman–Crippen LogP) is 3.58. The molecule has 0 fully saturated rings. The van der Waals surface area contributed by atoms with Crippen LogP contribution in [0.4, 0.5) is 0 Å². The molecule has 0 heterocycles. The average Bonchev–Trinajstić information content (AvgIpc) is 2.33. The Labute approximate surface area is 121 Å². The quantitative estimate of drug-likeness (QED) is 0.611. The maximum absolute atomic E-state index is 11.5. The van der Waals surface area contributed by atoms with Crippen LogP contribution in [0.5, 0.6) is 0 Å². The second-order valence-corrected chi connectivity index (χ2v) is 4.47. The summed E-state index contributed by atoms with van der Waals surface area (Å²) in [7, 11) is 0. The first kappa shape index (κ1) is 17.7. The van der Waals surface area contributed by atoms with E-state index in [1.807, 2.05) is 13.0 Å². The molecule has 0 saturated heterocycles. The van der Waals surface area contributed by atoms with Crippen LogP contribution in [0.15, 0.2) is 30.4 Å². The fourth-order valence-electron chi connectivity index (χ4n) is 1.58. The minimum Gasteiger partial charge on any atom is -0.364 e. The van der Waals surface area contributed by atoms with Crippen LogP contribution in [-0.2, 0) is 16.2 Å². The van der Waals surface area contributed by atoms with Gasteiger partial charge in [0.1, 0.15) is 0 Å². The van der Waals surface area contributed by atoms with Gasteiger partial charge in [0.15, 0.2) is 0 Å². The molecule has 3 nitrogen and oxygen atoms in total. The van der Waals surface area contributed by atoms with E-state index < -0.39 is 0 Å². The zero-order valence-electron chi connectivity index (χ0n) is 12.0. The van der Waals surface area contributed by atoms with Gasteiger partial charge in [-0.3, -0.25) is 0 Å². The zero-order chi connectivity index (χ0) is 13.7. The van der Waals surface area contributed by atoms with Crippen molar-refractivity contribution < 1.29 is 9.63 Å². The highest BCUT2D eigenvalue weighted by molar-refractivity contribution is 5.86. The predicted molar refractivity (Wildman–Crippen MR) is 80.2 cm³/mol. The number of nitrogens with zero attached hydrogens (tertiary/aromatic N) is 1. The number of carbonyl (C=O) groups excluding carboxylic acids is 1. The lowest BCUT2D eigenvalue weighted by atomic mass is 10.0. The first-order chi connectivity index (χ1) is 8.45. The Morgan fingerprint density at radius 3 is 2.53 bits per heavy atom. The van der Waals surface area contributed by atoms with Crippen LogP contribution in [0.25, 0.3) is 0 Å². The number of halogens is 1. The van der Waals surface area contributed by atoms with Crippen molar-refractivity contribution in [2.75, 3.05) is 6.54 Å². The van der Waals surface area contributed by atoms with Crippen molar-refractivity contribution in [1.29, 1.82) is 0 Å². The molecule has 0 spiro atoms. The van der Waals surface area contributed by atoms with Gasteiger partial charge >= 0.3 is 5.97 Å². The molecule has 1 aromatic carbocycles. The molecule has 4 heteroatoms. The van der Waals surface area contributed by atoms with Gasteiger partial charge in [-0.25, -0.2) is 4.79 Å². The van der Waals surface area contributed by atoms with E-state index >= 15 is 0 Å². The lowest BCUT2D eigenvalue weighted by Crippen LogP contribution is -2.27. The number of hydrogen-bond acceptors (Lipinski definition) is 3. The van der Waals surface area contributed by atoms with Crippen LogP contribution in [0.1, 0.15) is 30.5 Å². The smallest absolute Gasteiger partial charge is 0.352 e. The molecule has 0 aliphatic carbocycles. The highest BCUT2D eigenvalue weighted by Gasteiger charge is 2.12. The summed E-state index contributed by atoms with van der Waals surface area (Å²) in [5.41, 5.74) is 4.07. The maximum atomic E-state index is 11.5. The SMILES string of the molecule is C=C(C)C(=O)ON(CC)Cc1cccc(C)c1C.Cl. The molecule has 1 aromatic rings. The summed E-state index contributed by atoms with van der Waals surface area (Å²) < 4.78 is 0. The van der Waals surface area contributed by atoms with Crippen molar-refractivity contribution in [2.24, 2.45) is 0 Å². The summed E-state index contributed by atoms with van der Waals surface area (Å²) in [6, 6.07) is 6.15. The van der Waals surface area contributed by atoms with E-state index in [1.165, 1.54) is 16.7 Å². The van der Waals surface area contributed by atoms with Crippen LogP contribution >= 0.6 is 12.4 Å². The van der Waals surface area contributed by atoms with Crippen molar-refractivity contribution in [3.05, 3.63) is 47.0 Å². The van der Waals surface area contributed by atoms with E-state index in [9.17, 15) is 4.79 Å². The Bertz CT molecular complexity index is 457. The van der Waals surface area contributed by atoms with E-state index in [2.05, 4.69) is 32.6 Å². The topological polar surface area (TPSA) is 29.5 Å². The molecule has 0 saturated carbocycles. The fourth-order valence-corrected chi connectivity index (χ4v) is 1.58. The van der Waals surface area contributed by atoms with E-state index in [4.69, 9.17) is 4.84 Å². The van der Waals surface area contributed by atoms with Gasteiger partial charge in [0.2, 0.25) is 0 Å². The lowest BCUT2D eigenvalue weighted by Gasteiger charge is -2.21. The molecule has 1 rings (SSSR count). The zero-order valence-corrected chi connectivity index (χ0v) is 12.8. The van der Waals surface area contributed by atoms with Gasteiger partial charge in [-0.05, 0) is 44.4 Å². The van der Waals surface area contributed by atoms with E-state index in [0.717, 1.165) is 0 Å². The Kier molecular flexibility index (Phi) is 7.42. The number of rotatable bonds is 5. The standard InChI is InChI=1S/C15H21NO2.ClH/c1-6-16(18-15(17)11(2)3)10-14-9-7-8-12(4)13(14)5;/h7-9H,2,6,10H2,1,3-5H3;1H. The van der Waals surface area contributed by atoms with Gasteiger partial charge in [-0.15, -0.1) is 17.5 Å². The first-order valence-electron chi connectivity index (χ1n) is 6.13. The average molecular weight is 284 g/mol. The maximum Gasteiger partial charge on any atom is 0.352 e. The highest BCUT2D eigenvalue weighted by atomic mass is 35.5. The van der Waals surface area contributed by atoms with Gasteiger partial charge in [-0.1, -0.05) is 24.8 Å². The summed E-state index contributed by atoms with van der Waals surface area (Å²) >= 11 is 0. The molecule has 0 aromatic heterocycles. The molecule has 0 amide bonds. The number of hydrogen-bond donors (Lipinski definition) is 0. The summed E-state index contributed by atoms with van der Waals surface area (Å²) in [5.74, 6) is -0.373. The summed E-state index contributed by atoms with van der Waals surface area (Å²) in [4.78, 5) is 16.7. The Balaban J connectivity index is 0.00000324. The minimum atomic E-state index is -0.373. The molecule has 0 N–H and O–H groups in total. The molecule has 0 unspecified atom stereocenters. The van der Waals surface area contributed by atoms with Crippen molar-refractivity contribution >= 4 is 18.4 Å². The van der Waals surface area contributed by atoms with Crippen LogP contribution in [0.3, 0.4) is 0 Å². The molecule has 0 atom stereocenters. The first-order valence-corrected chi connectivity index (χ1v) is 6.13. The second-order valence-electron chi connectivity index (χ2n) is 4.47. The van der Waals surface area contributed by atoms with Crippen molar-refractivity contribution in [3.63, 3.8) is 0 Å². The molecule has 0 aliphatic rings. The monoisotopic (exact) mass is 283 g/mol. The summed E-state index contributed by atoms with van der Waals surface area (Å²) in [6.45, 7) is 12.6. The summed E-state index contributed by atoms with van der Waals surface area (Å²) in [5, 5.41) is 1.65. The van der Waals surface area contributed by atoms with Crippen LogP contribution < -0.4 is 0 Å². The van der Waals surface area contributed by atoms with Crippen molar-refractivity contribution in [2.45, 2.75) is 34.2 Å². The number of hydroxylamine groups is 2. The number of benzene rings is 1. The Morgan fingerprint density at radius 2 is 2.00 bits per heavy atom. The lowest BCUT2D eigenvalue weighted by molar-refractivity contribution is -0.187. The molecule has 0 aliphatic heterocycles. The van der Waals surface area contributed by atoms with Gasteiger partial charge in [-0.2, -0.15) is 0 Å². The molecular formula is C15H22ClNO2. The van der Waals surface area contributed by atoms with E-state index in [1.54, 1.807) is 12.0 Å². The van der Waals surface area contributed by atoms with E-state index in [0.29, 0.717) is 18.7 Å². The molecule has 0 radical (unpaired) electrons. The second kappa shape index (κ2) is 7.97. The molecule has 19 heavy (non-hydrogen) atoms. The highest BCUT2D eigenvalue weighted by Crippen LogP contribution is 2.15. The van der Waals surface area contributed by atoms with Crippen molar-refractivity contribution in [3.8, 4) is 0 Å². The summed E-state index contributed by atoms with van der Waals surface area (Å²) in [6.07, 6.45) is 0. The van der Waals surface area contributed by atoms with Gasteiger partial charge in [0, 0.05) is 12.1 Å². The third-order valence-electron chi connectivity index (χ3n) is 2.98. The van der Waals surface area contributed by atoms with Crippen molar-refractivity contribution in [1.82, 2.24) is 5.06 Å². The molecular weight excluding hydrogens is 262 g/mol. The van der Waals surface area contributed by atoms with Gasteiger partial charge < -0.3 is 4.84 Å². The minimum absolute atomic E-state index is 0. The Hall–Kier alpha value is -1.32. The van der Waals surface area contributed by atoms with Gasteiger partial charge in [0.25, 0.3) is 0 Å². The number of carbonyl (C=O) groups is 1. The third-order valence-corrected chi connectivity index (χ3v) is 2.98. The fraction of sp³-hybridized carbons (Fsp3) is 0.400. The Morgan fingerprint density at radius 1 is 1.37 bits per heavy atom. The van der Waals surface area contributed by atoms with Crippen LogP contribution in [0, 0.1) is 13.8 Å². The normalized spacial score (nSPS) is 9.95. The molecule has 106 valence electrons.